The van der Waals surface area contributed by atoms with Crippen molar-refractivity contribution in [1.82, 2.24) is 5.32 Å². The predicted octanol–water partition coefficient (Wildman–Crippen LogP) is -7.31. The average Bonchev–Trinajstić information content (AvgIpc) is 1.05. The number of carbonyl (C=O) groups excluding carboxylic acids is 4. The molecule has 133 heavy (non-hydrogen) atoms. The molecule has 45 heteroatoms. The Labute approximate surface area is 767 Å². The molecule has 1 amide bonds. The molecular formula is C88H139NO44. The molecule has 45 nitrogen and oxygen atoms in total. The normalized spacial score (nSPS) is 49.2. The van der Waals surface area contributed by atoms with E-state index < -0.39 is 360 Å². The molecule has 8 saturated heterocycles. The summed E-state index contributed by atoms with van der Waals surface area (Å²) in [4.78, 5) is 56.9. The molecule has 8 heterocycles. The van der Waals surface area contributed by atoms with Gasteiger partial charge >= 0.3 is 17.9 Å². The molecule has 0 aromatic heterocycles. The second-order valence-electron chi connectivity index (χ2n) is 40.7. The molecule has 0 radical (unpaired) electrons. The fourth-order valence-electron chi connectivity index (χ4n) is 23.1. The molecular weight excluding hydrogens is 1770 g/mol. The first-order valence-electron chi connectivity index (χ1n) is 45.6. The van der Waals surface area contributed by atoms with E-state index in [-0.39, 0.29) is 49.5 Å². The molecule has 12 fully saturated rings. The van der Waals surface area contributed by atoms with Crippen molar-refractivity contribution < 1.29 is 217 Å². The molecule has 46 atom stereocenters. The Morgan fingerprint density at radius 3 is 1.72 bits per heavy atom. The lowest BCUT2D eigenvalue weighted by atomic mass is 9.33. The SMILES string of the molecule is C=C[C@](C)(O)CC/C=C(\C)C(=O)OC[C@H]1O[C@@H](OC(=O)[C@]23CC[C@]4(C)C(=CC[C@@H]5[C@@]6(C)CC[C@@H](O[C@@H]7O[C@H](CO[C@@H]8OC[C@H](O)[C@H](O)[C@H]8O[C@@H]8OC[C@@H](O)[C@H](O)[C@H]8O)[C@@H](O[C@@H]8O[C@H](CO)[C@@H](O)[C@H](O)[C@H]8O)[C@H](O)[C@H]7NC(C)=O)C(C)(C)[C@@H]6CC[C@]54C)[C@H]2CC(C)(C)[C@H](O)[C@@H]3O)[C@H](O[C@@H]2OC[C@@H](O)[C@H](O[C@@H]3OC[C@](O)(CO)[C@H]3O)[C@H]2O)[C@@H](O)[C@@H]1O[C@@H]1O[C@H](CO)[C@@H](O)[C@H](O)[C@H]1OC(C)=O. The Morgan fingerprint density at radius 1 is 0.526 bits per heavy atom. The number of hydrogen-bond donors (Lipinski definition) is 23. The standard InChI is InChI=1S/C88H139NO44/c1-13-83(9,114)20-14-15-35(2)71(112)116-31-45-64(130-77-66(122-37(4)94)57(104)54(101)44(27-91)124-77)60(107)67(132-74-61(108)62(42(97)30-118-74)128-79-70(111)87(115,33-92)34-121-79)78(126-45)133-80(113)88-24-23-85(11)38(39(88)25-81(5,6)68(109)69(88)110)16-17-48-84(10)21-19-49(82(7,8)47(84)18-22-86(48,85)12)127-72-50(89-36(3)93)55(102)63(129-75-59(106)56(103)53(100)43(26-90)123-75)46(125-72)32-120-76-65(52(99)41(96)29-119-76)131-73-58(105)51(98)40(95)28-117-73/h13,15-16,39-70,72-79,90-92,95-111,114-115H,1,14,17-34H2,2-12H3,(H,89,93)/b35-15+/t39-,40-,41+,42-,43-,44-,45-,46-,47+,48-,49-,50-,51+,52+,53-,54-,55-,56+,57+,58-,59-,60+,61-,62+,63-,64-,65-,66-,67-,68-,69+,70+,72+,73+,74+,75+,76+,77+,78+,79+,83+,84+,85-,86-,87-,88-/m1/s1. The largest absolute Gasteiger partial charge is 0.459 e. The Balaban J connectivity index is 0.809. The van der Waals surface area contributed by atoms with Crippen LogP contribution in [0.5, 0.6) is 0 Å². The molecule has 0 aromatic rings. The quantitative estimate of drug-likeness (QED) is 0.0109. The highest BCUT2D eigenvalue weighted by Gasteiger charge is 2.74. The van der Waals surface area contributed by atoms with Crippen molar-refractivity contribution in [3.63, 3.8) is 0 Å². The van der Waals surface area contributed by atoms with Gasteiger partial charge in [-0.05, 0) is 123 Å². The van der Waals surface area contributed by atoms with Gasteiger partial charge in [0, 0.05) is 19.4 Å². The first kappa shape index (κ1) is 106. The zero-order valence-electron chi connectivity index (χ0n) is 76.3. The lowest BCUT2D eigenvalue weighted by Crippen LogP contribution is -2.70. The van der Waals surface area contributed by atoms with Crippen molar-refractivity contribution in [3.05, 3.63) is 36.0 Å². The van der Waals surface area contributed by atoms with Crippen LogP contribution in [0.3, 0.4) is 0 Å². The Morgan fingerprint density at radius 2 is 1.09 bits per heavy atom. The van der Waals surface area contributed by atoms with Crippen molar-refractivity contribution in [2.24, 2.45) is 50.2 Å². The number of esters is 3. The van der Waals surface area contributed by atoms with Crippen LogP contribution in [0, 0.1) is 50.2 Å². The summed E-state index contributed by atoms with van der Waals surface area (Å²) >= 11 is 0. The third-order valence-electron chi connectivity index (χ3n) is 31.4. The van der Waals surface area contributed by atoms with Crippen LogP contribution >= 0.6 is 0 Å². The highest BCUT2D eigenvalue weighted by atomic mass is 16.8. The second kappa shape index (κ2) is 41.3. The third kappa shape index (κ3) is 20.2. The van der Waals surface area contributed by atoms with Gasteiger partial charge in [-0.3, -0.25) is 14.4 Å². The number of fused-ring (bicyclic) bond motifs is 7. The number of amides is 1. The van der Waals surface area contributed by atoms with E-state index in [1.54, 1.807) is 13.8 Å². The van der Waals surface area contributed by atoms with E-state index in [2.05, 4.69) is 38.7 Å². The van der Waals surface area contributed by atoms with Gasteiger partial charge in [0.1, 0.15) is 164 Å². The molecule has 0 aromatic carbocycles. The zero-order valence-corrected chi connectivity index (χ0v) is 76.3. The van der Waals surface area contributed by atoms with Crippen LogP contribution in [0.15, 0.2) is 36.0 Å². The smallest absolute Gasteiger partial charge is 0.333 e. The maximum absolute atomic E-state index is 16.6. The number of rotatable bonds is 29. The summed E-state index contributed by atoms with van der Waals surface area (Å²) in [5.74, 6) is -5.28. The van der Waals surface area contributed by atoms with Gasteiger partial charge in [-0.25, -0.2) is 4.79 Å². The van der Waals surface area contributed by atoms with Crippen LogP contribution in [0.25, 0.3) is 0 Å². The van der Waals surface area contributed by atoms with E-state index in [1.807, 2.05) is 13.8 Å². The summed E-state index contributed by atoms with van der Waals surface area (Å²) in [6, 6.07) is -1.52. The van der Waals surface area contributed by atoms with E-state index in [1.165, 1.54) is 32.9 Å². The molecule has 760 valence electrons. The number of allylic oxidation sites excluding steroid dienone is 3. The van der Waals surface area contributed by atoms with Gasteiger partial charge in [0.15, 0.2) is 56.2 Å². The molecule has 4 saturated carbocycles. The van der Waals surface area contributed by atoms with Gasteiger partial charge in [-0.2, -0.15) is 0 Å². The Hall–Kier alpha value is -4.38. The number of carbonyl (C=O) groups is 4. The molecule has 13 rings (SSSR count). The molecule has 8 aliphatic heterocycles. The summed E-state index contributed by atoms with van der Waals surface area (Å²) in [5.41, 5.74) is -9.00. The van der Waals surface area contributed by atoms with Crippen LogP contribution in [0.2, 0.25) is 0 Å². The fraction of sp³-hybridized carbons (Fsp3) is 0.886. The molecule has 0 unspecified atom stereocenters. The predicted molar refractivity (Wildman–Crippen MR) is 441 cm³/mol. The summed E-state index contributed by atoms with van der Waals surface area (Å²) in [5, 5.41) is 251. The van der Waals surface area contributed by atoms with E-state index in [0.717, 1.165) is 12.5 Å². The highest BCUT2D eigenvalue weighted by Crippen LogP contribution is 2.76. The second-order valence-corrected chi connectivity index (χ2v) is 40.7. The number of nitrogens with one attached hydrogen (secondary N) is 1. The number of ether oxygens (including phenoxy) is 18. The number of aliphatic hydroxyl groups excluding tert-OH is 20. The highest BCUT2D eigenvalue weighted by molar-refractivity contribution is 5.87. The van der Waals surface area contributed by atoms with E-state index >= 15 is 4.79 Å². The molecule has 23 N–H and O–H groups in total. The van der Waals surface area contributed by atoms with E-state index in [9.17, 15) is 127 Å². The summed E-state index contributed by atoms with van der Waals surface area (Å²) in [6.45, 7) is 15.8. The van der Waals surface area contributed by atoms with Gasteiger partial charge < -0.3 is 203 Å². The van der Waals surface area contributed by atoms with Crippen LogP contribution in [0.1, 0.15) is 140 Å². The van der Waals surface area contributed by atoms with Gasteiger partial charge in [-0.15, -0.1) is 6.58 Å². The van der Waals surface area contributed by atoms with Crippen molar-refractivity contribution in [2.75, 3.05) is 59.5 Å². The van der Waals surface area contributed by atoms with Crippen LogP contribution in [-0.2, 0) is 104 Å². The first-order chi connectivity index (χ1) is 62.3. The van der Waals surface area contributed by atoms with Crippen LogP contribution < -0.4 is 5.32 Å². The van der Waals surface area contributed by atoms with Crippen molar-refractivity contribution in [1.29, 1.82) is 0 Å². The van der Waals surface area contributed by atoms with Crippen molar-refractivity contribution in [2.45, 2.75) is 379 Å². The minimum Gasteiger partial charge on any atom is -0.459 e. The van der Waals surface area contributed by atoms with Gasteiger partial charge in [0.2, 0.25) is 12.2 Å². The van der Waals surface area contributed by atoms with Gasteiger partial charge in [0.05, 0.1) is 76.8 Å². The fourth-order valence-corrected chi connectivity index (χ4v) is 23.1. The van der Waals surface area contributed by atoms with Crippen molar-refractivity contribution in [3.8, 4) is 0 Å². The number of aliphatic hydroxyl groups is 22. The first-order valence-corrected chi connectivity index (χ1v) is 45.6. The van der Waals surface area contributed by atoms with E-state index in [4.69, 9.17) is 85.3 Å². The van der Waals surface area contributed by atoms with Crippen LogP contribution in [-0.4, -0.2) is 434 Å². The lowest BCUT2D eigenvalue weighted by Gasteiger charge is -2.71. The van der Waals surface area contributed by atoms with E-state index in [0.29, 0.717) is 32.1 Å². The minimum absolute atomic E-state index is 0.00589. The average molecular weight is 1920 g/mol. The molecule has 13 aliphatic rings. The monoisotopic (exact) mass is 1910 g/mol. The molecule has 0 spiro atoms. The van der Waals surface area contributed by atoms with Crippen molar-refractivity contribution >= 4 is 23.8 Å². The maximum Gasteiger partial charge on any atom is 0.333 e. The molecule has 5 aliphatic carbocycles. The lowest BCUT2D eigenvalue weighted by molar-refractivity contribution is -0.382. The summed E-state index contributed by atoms with van der Waals surface area (Å²) in [6.07, 6.45) is -59.2. The summed E-state index contributed by atoms with van der Waals surface area (Å²) in [7, 11) is 0. The zero-order chi connectivity index (χ0) is 97.5. The van der Waals surface area contributed by atoms with Gasteiger partial charge in [-0.1, -0.05) is 72.3 Å². The minimum atomic E-state index is -2.36. The Bertz CT molecular complexity index is 4050. The third-order valence-corrected chi connectivity index (χ3v) is 31.4. The topological polar surface area (TPSA) is 692 Å². The summed E-state index contributed by atoms with van der Waals surface area (Å²) < 4.78 is 110. The molecule has 0 bridgehead atoms. The van der Waals surface area contributed by atoms with Crippen LogP contribution in [0.4, 0.5) is 0 Å². The van der Waals surface area contributed by atoms with Gasteiger partial charge in [0.25, 0.3) is 0 Å². The Kier molecular flexibility index (Phi) is 32.9. The maximum atomic E-state index is 16.6. The number of hydrogen-bond acceptors (Lipinski definition) is 44.